The first-order valence-corrected chi connectivity index (χ1v) is 12.4. The number of benzene rings is 3. The molecular formula is C30H32N4O2. The summed E-state index contributed by atoms with van der Waals surface area (Å²) in [6, 6.07) is 24.4. The van der Waals surface area contributed by atoms with E-state index in [1.54, 1.807) is 7.11 Å². The summed E-state index contributed by atoms with van der Waals surface area (Å²) in [7, 11) is 1.65. The van der Waals surface area contributed by atoms with Crippen molar-refractivity contribution < 1.29 is 9.53 Å². The van der Waals surface area contributed by atoms with E-state index in [4.69, 9.17) is 9.84 Å². The van der Waals surface area contributed by atoms with Gasteiger partial charge in [-0.05, 0) is 67.8 Å². The van der Waals surface area contributed by atoms with Crippen molar-refractivity contribution in [1.82, 2.24) is 14.7 Å². The highest BCUT2D eigenvalue weighted by atomic mass is 16.5. The summed E-state index contributed by atoms with van der Waals surface area (Å²) in [4.78, 5) is 18.2. The van der Waals surface area contributed by atoms with Gasteiger partial charge in [0.2, 0.25) is 0 Å². The molecule has 5 rings (SSSR count). The van der Waals surface area contributed by atoms with Crippen LogP contribution in [0.2, 0.25) is 0 Å². The Labute approximate surface area is 212 Å². The van der Waals surface area contributed by atoms with Crippen molar-refractivity contribution in [2.24, 2.45) is 0 Å². The summed E-state index contributed by atoms with van der Waals surface area (Å²) < 4.78 is 7.23. The van der Waals surface area contributed by atoms with Crippen LogP contribution in [0.4, 0.5) is 5.69 Å². The summed E-state index contributed by atoms with van der Waals surface area (Å²) in [5.74, 6) is 0.760. The minimum absolute atomic E-state index is 0.00184. The van der Waals surface area contributed by atoms with Gasteiger partial charge >= 0.3 is 0 Å². The van der Waals surface area contributed by atoms with Gasteiger partial charge in [0.25, 0.3) is 5.91 Å². The SMILES string of the molecule is COc1cccc(-c2cc(C(=O)N3CCN(c4ccccc4C)CC3)n(-c3cc(C)ccc3C)n2)c1. The molecule has 184 valence electrons. The Balaban J connectivity index is 1.48. The molecule has 0 aliphatic carbocycles. The van der Waals surface area contributed by atoms with E-state index >= 15 is 0 Å². The standard InChI is InChI=1S/C30H32N4O2/c1-21-12-13-23(3)28(18-21)34-29(20-26(31-34)24-9-7-10-25(19-24)36-4)30(35)33-16-14-32(15-17-33)27-11-6-5-8-22(27)2/h5-13,18-20H,14-17H2,1-4H3. The first-order valence-electron chi connectivity index (χ1n) is 12.4. The first kappa shape index (κ1) is 23.7. The van der Waals surface area contributed by atoms with Gasteiger partial charge in [0.15, 0.2) is 0 Å². The van der Waals surface area contributed by atoms with Gasteiger partial charge in [-0.1, -0.05) is 42.5 Å². The van der Waals surface area contributed by atoms with Gasteiger partial charge in [-0.2, -0.15) is 5.10 Å². The van der Waals surface area contributed by atoms with E-state index in [1.165, 1.54) is 11.3 Å². The zero-order valence-electron chi connectivity index (χ0n) is 21.4. The van der Waals surface area contributed by atoms with Crippen molar-refractivity contribution in [3.05, 3.63) is 95.2 Å². The minimum atomic E-state index is 0.00184. The van der Waals surface area contributed by atoms with E-state index in [9.17, 15) is 4.79 Å². The van der Waals surface area contributed by atoms with E-state index in [2.05, 4.69) is 68.1 Å². The molecule has 1 amide bonds. The van der Waals surface area contributed by atoms with E-state index in [0.717, 1.165) is 46.9 Å². The van der Waals surface area contributed by atoms with E-state index in [1.807, 2.05) is 39.9 Å². The van der Waals surface area contributed by atoms with Gasteiger partial charge < -0.3 is 14.5 Å². The van der Waals surface area contributed by atoms with Gasteiger partial charge in [0.05, 0.1) is 18.5 Å². The Morgan fingerprint density at radius 1 is 0.806 bits per heavy atom. The fourth-order valence-electron chi connectivity index (χ4n) is 4.82. The monoisotopic (exact) mass is 480 g/mol. The van der Waals surface area contributed by atoms with Gasteiger partial charge in [0, 0.05) is 37.4 Å². The topological polar surface area (TPSA) is 50.6 Å². The van der Waals surface area contributed by atoms with Crippen molar-refractivity contribution in [3.8, 4) is 22.7 Å². The molecule has 1 aliphatic rings. The van der Waals surface area contributed by atoms with Gasteiger partial charge in [-0.15, -0.1) is 0 Å². The molecule has 1 aromatic heterocycles. The predicted molar refractivity (Wildman–Crippen MR) is 144 cm³/mol. The van der Waals surface area contributed by atoms with Gasteiger partial charge in [0.1, 0.15) is 11.4 Å². The lowest BCUT2D eigenvalue weighted by Gasteiger charge is -2.36. The first-order chi connectivity index (χ1) is 17.4. The third-order valence-corrected chi connectivity index (χ3v) is 6.91. The second-order valence-corrected chi connectivity index (χ2v) is 9.41. The number of aryl methyl sites for hydroxylation is 3. The number of carbonyl (C=O) groups excluding carboxylic acids is 1. The Kier molecular flexibility index (Phi) is 6.51. The van der Waals surface area contributed by atoms with Gasteiger partial charge in [-0.3, -0.25) is 4.79 Å². The van der Waals surface area contributed by atoms with E-state index in [0.29, 0.717) is 18.8 Å². The number of hydrogen-bond donors (Lipinski definition) is 0. The Hall–Kier alpha value is -4.06. The molecule has 0 atom stereocenters. The average molecular weight is 481 g/mol. The van der Waals surface area contributed by atoms with Crippen molar-refractivity contribution in [2.75, 3.05) is 38.2 Å². The third-order valence-electron chi connectivity index (χ3n) is 6.91. The molecule has 1 saturated heterocycles. The fourth-order valence-corrected chi connectivity index (χ4v) is 4.82. The molecule has 0 N–H and O–H groups in total. The molecule has 1 fully saturated rings. The Bertz CT molecular complexity index is 1400. The summed E-state index contributed by atoms with van der Waals surface area (Å²) >= 11 is 0. The van der Waals surface area contributed by atoms with Crippen molar-refractivity contribution in [3.63, 3.8) is 0 Å². The zero-order valence-corrected chi connectivity index (χ0v) is 21.4. The Morgan fingerprint density at radius 2 is 1.56 bits per heavy atom. The molecule has 0 spiro atoms. The molecule has 4 aromatic rings. The number of aromatic nitrogens is 2. The lowest BCUT2D eigenvalue weighted by atomic mass is 10.1. The molecule has 0 bridgehead atoms. The van der Waals surface area contributed by atoms with Crippen molar-refractivity contribution in [2.45, 2.75) is 20.8 Å². The highest BCUT2D eigenvalue weighted by molar-refractivity contribution is 5.94. The molecule has 0 unspecified atom stereocenters. The molecule has 6 heteroatoms. The number of carbonyl (C=O) groups is 1. The van der Waals surface area contributed by atoms with Crippen LogP contribution in [0.1, 0.15) is 27.2 Å². The van der Waals surface area contributed by atoms with Crippen LogP contribution in [0.3, 0.4) is 0 Å². The predicted octanol–water partition coefficient (Wildman–Crippen LogP) is 5.44. The molecule has 36 heavy (non-hydrogen) atoms. The lowest BCUT2D eigenvalue weighted by Crippen LogP contribution is -2.49. The largest absolute Gasteiger partial charge is 0.497 e. The molecule has 3 aromatic carbocycles. The van der Waals surface area contributed by atoms with Crippen LogP contribution in [0.15, 0.2) is 72.8 Å². The highest BCUT2D eigenvalue weighted by Crippen LogP contribution is 2.28. The fraction of sp³-hybridized carbons (Fsp3) is 0.267. The maximum Gasteiger partial charge on any atom is 0.272 e. The number of methoxy groups -OCH3 is 1. The number of hydrogen-bond acceptors (Lipinski definition) is 4. The summed E-state index contributed by atoms with van der Waals surface area (Å²) in [6.45, 7) is 9.18. The summed E-state index contributed by atoms with van der Waals surface area (Å²) in [5.41, 5.74) is 7.85. The Morgan fingerprint density at radius 3 is 2.31 bits per heavy atom. The molecule has 1 aliphatic heterocycles. The number of amides is 1. The van der Waals surface area contributed by atoms with Crippen molar-refractivity contribution in [1.29, 1.82) is 0 Å². The zero-order chi connectivity index (χ0) is 25.2. The highest BCUT2D eigenvalue weighted by Gasteiger charge is 2.27. The van der Waals surface area contributed by atoms with Crippen LogP contribution in [-0.2, 0) is 0 Å². The lowest BCUT2D eigenvalue weighted by molar-refractivity contribution is 0.0737. The number of nitrogens with zero attached hydrogens (tertiary/aromatic N) is 4. The van der Waals surface area contributed by atoms with Crippen LogP contribution in [0.25, 0.3) is 16.9 Å². The second kappa shape index (κ2) is 9.90. The van der Waals surface area contributed by atoms with Gasteiger partial charge in [-0.25, -0.2) is 4.68 Å². The number of ether oxygens (including phenoxy) is 1. The van der Waals surface area contributed by atoms with E-state index < -0.39 is 0 Å². The maximum atomic E-state index is 13.9. The van der Waals surface area contributed by atoms with E-state index in [-0.39, 0.29) is 5.91 Å². The van der Waals surface area contributed by atoms with Crippen LogP contribution in [0, 0.1) is 20.8 Å². The maximum absolute atomic E-state index is 13.9. The summed E-state index contributed by atoms with van der Waals surface area (Å²) in [5, 5.41) is 4.92. The van der Waals surface area contributed by atoms with Crippen LogP contribution in [-0.4, -0.2) is 53.9 Å². The normalized spacial score (nSPS) is 13.7. The molecule has 0 saturated carbocycles. The average Bonchev–Trinajstić information content (AvgIpc) is 3.35. The van der Waals surface area contributed by atoms with Crippen LogP contribution < -0.4 is 9.64 Å². The third kappa shape index (κ3) is 4.59. The number of rotatable bonds is 5. The molecule has 2 heterocycles. The molecular weight excluding hydrogens is 448 g/mol. The molecule has 6 nitrogen and oxygen atoms in total. The quantitative estimate of drug-likeness (QED) is 0.382. The number of anilines is 1. The van der Waals surface area contributed by atoms with Crippen LogP contribution >= 0.6 is 0 Å². The smallest absolute Gasteiger partial charge is 0.272 e. The number of para-hydroxylation sites is 1. The summed E-state index contributed by atoms with van der Waals surface area (Å²) in [6.07, 6.45) is 0. The minimum Gasteiger partial charge on any atom is -0.497 e. The van der Waals surface area contributed by atoms with Crippen molar-refractivity contribution >= 4 is 11.6 Å². The number of piperazine rings is 1. The second-order valence-electron chi connectivity index (χ2n) is 9.41. The molecule has 0 radical (unpaired) electrons. The van der Waals surface area contributed by atoms with Crippen LogP contribution in [0.5, 0.6) is 5.75 Å².